The van der Waals surface area contributed by atoms with Crippen LogP contribution in [0.3, 0.4) is 0 Å². The van der Waals surface area contributed by atoms with E-state index in [1.54, 1.807) is 49.6 Å². The number of halogens is 2. The maximum atomic E-state index is 12.1. The number of hydrazone groups is 1. The van der Waals surface area contributed by atoms with Crippen molar-refractivity contribution in [2.24, 2.45) is 5.10 Å². The SMILES string of the molecule is CC/C(=N\NC(=O)c1ccc(OC)cc1)c1ccc(Cl)cc1Cl. The average Bonchev–Trinajstić information content (AvgIpc) is 2.56. The van der Waals surface area contributed by atoms with Crippen molar-refractivity contribution in [3.63, 3.8) is 0 Å². The molecule has 0 saturated carbocycles. The standard InChI is InChI=1S/C17H16Cl2N2O2/c1-3-16(14-9-6-12(18)10-15(14)19)20-21-17(22)11-4-7-13(23-2)8-5-11/h4-10H,3H2,1-2H3,(H,21,22)/b20-16+. The van der Waals surface area contributed by atoms with Gasteiger partial charge in [-0.2, -0.15) is 5.10 Å². The zero-order valence-electron chi connectivity index (χ0n) is 12.8. The Bertz CT molecular complexity index is 728. The Kier molecular flexibility index (Phi) is 6.02. The Labute approximate surface area is 145 Å². The van der Waals surface area contributed by atoms with Crippen molar-refractivity contribution < 1.29 is 9.53 Å². The van der Waals surface area contributed by atoms with Crippen LogP contribution in [0.1, 0.15) is 29.3 Å². The van der Waals surface area contributed by atoms with E-state index in [2.05, 4.69) is 10.5 Å². The number of rotatable bonds is 5. The zero-order chi connectivity index (χ0) is 16.8. The minimum Gasteiger partial charge on any atom is -0.497 e. The second-order valence-electron chi connectivity index (χ2n) is 4.71. The Balaban J connectivity index is 2.16. The van der Waals surface area contributed by atoms with Crippen LogP contribution in [-0.2, 0) is 0 Å². The third kappa shape index (κ3) is 4.47. The molecule has 2 aromatic carbocycles. The van der Waals surface area contributed by atoms with Gasteiger partial charge in [0.2, 0.25) is 0 Å². The lowest BCUT2D eigenvalue weighted by Gasteiger charge is -2.08. The van der Waals surface area contributed by atoms with Crippen LogP contribution in [0.25, 0.3) is 0 Å². The molecule has 0 atom stereocenters. The predicted octanol–water partition coefficient (Wildman–Crippen LogP) is 4.55. The summed E-state index contributed by atoms with van der Waals surface area (Å²) in [6.45, 7) is 1.93. The number of nitrogens with zero attached hydrogens (tertiary/aromatic N) is 1. The number of ether oxygens (including phenoxy) is 1. The molecule has 0 radical (unpaired) electrons. The molecule has 0 heterocycles. The molecule has 0 spiro atoms. The van der Waals surface area contributed by atoms with Gasteiger partial charge in [-0.3, -0.25) is 4.79 Å². The van der Waals surface area contributed by atoms with Crippen molar-refractivity contribution in [2.75, 3.05) is 7.11 Å². The lowest BCUT2D eigenvalue weighted by Crippen LogP contribution is -2.20. The normalized spacial score (nSPS) is 11.2. The van der Waals surface area contributed by atoms with Gasteiger partial charge in [-0.05, 0) is 42.8 Å². The number of hydrogen-bond acceptors (Lipinski definition) is 3. The summed E-state index contributed by atoms with van der Waals surface area (Å²) in [5.74, 6) is 0.385. The lowest BCUT2D eigenvalue weighted by atomic mass is 10.1. The molecule has 2 aromatic rings. The Morgan fingerprint density at radius 1 is 1.17 bits per heavy atom. The summed E-state index contributed by atoms with van der Waals surface area (Å²) < 4.78 is 5.06. The maximum absolute atomic E-state index is 12.1. The number of benzene rings is 2. The van der Waals surface area contributed by atoms with E-state index >= 15 is 0 Å². The molecule has 0 aliphatic heterocycles. The van der Waals surface area contributed by atoms with Crippen molar-refractivity contribution in [2.45, 2.75) is 13.3 Å². The fraction of sp³-hybridized carbons (Fsp3) is 0.176. The van der Waals surface area contributed by atoms with Crippen LogP contribution < -0.4 is 10.2 Å². The summed E-state index contributed by atoms with van der Waals surface area (Å²) >= 11 is 12.1. The molecule has 2 rings (SSSR count). The summed E-state index contributed by atoms with van der Waals surface area (Å²) in [5, 5.41) is 5.23. The molecule has 0 saturated heterocycles. The lowest BCUT2D eigenvalue weighted by molar-refractivity contribution is 0.0955. The van der Waals surface area contributed by atoms with E-state index in [0.29, 0.717) is 33.5 Å². The summed E-state index contributed by atoms with van der Waals surface area (Å²) in [5.41, 5.74) is 4.46. The molecule has 6 heteroatoms. The van der Waals surface area contributed by atoms with E-state index in [9.17, 15) is 4.79 Å². The van der Waals surface area contributed by atoms with Gasteiger partial charge >= 0.3 is 0 Å². The van der Waals surface area contributed by atoms with E-state index < -0.39 is 0 Å². The summed E-state index contributed by atoms with van der Waals surface area (Å²) in [6.07, 6.45) is 0.615. The minimum atomic E-state index is -0.302. The van der Waals surface area contributed by atoms with Gasteiger partial charge in [0.25, 0.3) is 5.91 Å². The molecule has 120 valence electrons. The van der Waals surface area contributed by atoms with E-state index in [1.165, 1.54) is 0 Å². The topological polar surface area (TPSA) is 50.7 Å². The van der Waals surface area contributed by atoms with Crippen LogP contribution in [0.15, 0.2) is 47.6 Å². The number of amides is 1. The average molecular weight is 351 g/mol. The number of carbonyl (C=O) groups excluding carboxylic acids is 1. The molecular formula is C17H16Cl2N2O2. The highest BCUT2D eigenvalue weighted by Crippen LogP contribution is 2.22. The summed E-state index contributed by atoms with van der Waals surface area (Å²) in [4.78, 5) is 12.1. The minimum absolute atomic E-state index is 0.302. The molecule has 0 fully saturated rings. The van der Waals surface area contributed by atoms with E-state index in [4.69, 9.17) is 27.9 Å². The molecule has 0 aromatic heterocycles. The van der Waals surface area contributed by atoms with Gasteiger partial charge in [0.05, 0.1) is 17.8 Å². The fourth-order valence-electron chi connectivity index (χ4n) is 1.98. The molecular weight excluding hydrogens is 335 g/mol. The molecule has 1 amide bonds. The molecule has 0 aliphatic carbocycles. The van der Waals surface area contributed by atoms with Crippen LogP contribution in [-0.4, -0.2) is 18.7 Å². The Morgan fingerprint density at radius 3 is 2.43 bits per heavy atom. The van der Waals surface area contributed by atoms with E-state index in [1.807, 2.05) is 6.92 Å². The van der Waals surface area contributed by atoms with Crippen LogP contribution in [0.2, 0.25) is 10.0 Å². The van der Waals surface area contributed by atoms with E-state index in [-0.39, 0.29) is 5.91 Å². The van der Waals surface area contributed by atoms with Crippen molar-refractivity contribution in [3.8, 4) is 5.75 Å². The first-order valence-electron chi connectivity index (χ1n) is 7.01. The number of hydrogen-bond donors (Lipinski definition) is 1. The van der Waals surface area contributed by atoms with Crippen LogP contribution in [0.5, 0.6) is 5.75 Å². The largest absolute Gasteiger partial charge is 0.497 e. The fourth-order valence-corrected chi connectivity index (χ4v) is 2.50. The molecule has 4 nitrogen and oxygen atoms in total. The van der Waals surface area contributed by atoms with Crippen molar-refractivity contribution in [1.82, 2.24) is 5.43 Å². The van der Waals surface area contributed by atoms with Gasteiger partial charge in [0.1, 0.15) is 5.75 Å². The zero-order valence-corrected chi connectivity index (χ0v) is 14.3. The first kappa shape index (κ1) is 17.3. The third-order valence-corrected chi connectivity index (χ3v) is 3.77. The van der Waals surface area contributed by atoms with Gasteiger partial charge in [0, 0.05) is 16.1 Å². The van der Waals surface area contributed by atoms with Crippen LogP contribution in [0.4, 0.5) is 0 Å². The highest BCUT2D eigenvalue weighted by molar-refractivity contribution is 6.37. The highest BCUT2D eigenvalue weighted by atomic mass is 35.5. The van der Waals surface area contributed by atoms with Crippen LogP contribution in [0, 0.1) is 0 Å². The van der Waals surface area contributed by atoms with Crippen molar-refractivity contribution in [1.29, 1.82) is 0 Å². The Morgan fingerprint density at radius 2 is 1.87 bits per heavy atom. The first-order valence-corrected chi connectivity index (χ1v) is 7.77. The Hall–Kier alpha value is -2.04. The molecule has 0 bridgehead atoms. The summed E-state index contributed by atoms with van der Waals surface area (Å²) in [7, 11) is 1.57. The third-order valence-electron chi connectivity index (χ3n) is 3.22. The molecule has 0 unspecified atom stereocenters. The van der Waals surface area contributed by atoms with Crippen molar-refractivity contribution in [3.05, 3.63) is 63.6 Å². The predicted molar refractivity (Wildman–Crippen MR) is 93.8 cm³/mol. The van der Waals surface area contributed by atoms with Gasteiger partial charge in [0.15, 0.2) is 0 Å². The molecule has 1 N–H and O–H groups in total. The maximum Gasteiger partial charge on any atom is 0.271 e. The monoisotopic (exact) mass is 350 g/mol. The quantitative estimate of drug-likeness (QED) is 0.635. The van der Waals surface area contributed by atoms with E-state index in [0.717, 1.165) is 5.56 Å². The summed E-state index contributed by atoms with van der Waals surface area (Å²) in [6, 6.07) is 11.9. The molecule has 0 aliphatic rings. The van der Waals surface area contributed by atoms with Gasteiger partial charge in [-0.1, -0.05) is 36.2 Å². The second-order valence-corrected chi connectivity index (χ2v) is 5.55. The van der Waals surface area contributed by atoms with Crippen molar-refractivity contribution >= 4 is 34.8 Å². The highest BCUT2D eigenvalue weighted by Gasteiger charge is 2.09. The second kappa shape index (κ2) is 7.99. The first-order chi connectivity index (χ1) is 11.0. The number of nitrogens with one attached hydrogen (secondary N) is 1. The number of methoxy groups -OCH3 is 1. The number of carbonyl (C=O) groups is 1. The van der Waals surface area contributed by atoms with Crippen LogP contribution >= 0.6 is 23.2 Å². The molecule has 23 heavy (non-hydrogen) atoms. The van der Waals surface area contributed by atoms with Gasteiger partial charge in [-0.25, -0.2) is 5.43 Å². The van der Waals surface area contributed by atoms with Gasteiger partial charge in [-0.15, -0.1) is 0 Å². The van der Waals surface area contributed by atoms with Gasteiger partial charge < -0.3 is 4.74 Å². The smallest absolute Gasteiger partial charge is 0.271 e.